The molecular weight excluding hydrogens is 252 g/mol. The molecule has 1 aromatic carbocycles. The fraction of sp³-hybridized carbons (Fsp3) is 0.0833. The molecule has 2 aromatic rings. The van der Waals surface area contributed by atoms with E-state index in [1.54, 1.807) is 24.3 Å². The summed E-state index contributed by atoms with van der Waals surface area (Å²) in [5, 5.41) is 13.7. The number of carboxylic acids is 1. The predicted octanol–water partition coefficient (Wildman–Crippen LogP) is 2.79. The van der Waals surface area contributed by atoms with E-state index in [4.69, 9.17) is 5.11 Å². The molecule has 5 nitrogen and oxygen atoms in total. The Labute approximate surface area is 107 Å². The minimum Gasteiger partial charge on any atom is -0.476 e. The number of nitrogens with zero attached hydrogens (tertiary/aromatic N) is 1. The van der Waals surface area contributed by atoms with Gasteiger partial charge >= 0.3 is 5.97 Å². The smallest absolute Gasteiger partial charge is 0.355 e. The first kappa shape index (κ1) is 12.3. The number of aromatic nitrogens is 1. The normalized spacial score (nSPS) is 10.1. The topological polar surface area (TPSA) is 79.3 Å². The Kier molecular flexibility index (Phi) is 3.38. The van der Waals surface area contributed by atoms with Gasteiger partial charge < -0.3 is 10.4 Å². The summed E-state index contributed by atoms with van der Waals surface area (Å²) in [5.74, 6) is -1.08. The lowest BCUT2D eigenvalue weighted by atomic mass is 10.1. The average Bonchev–Trinajstić information content (AvgIpc) is 2.78. The second-order valence-corrected chi connectivity index (χ2v) is 4.46. The fourth-order valence-electron chi connectivity index (χ4n) is 1.37. The van der Waals surface area contributed by atoms with Gasteiger partial charge in [0.2, 0.25) is 0 Å². The van der Waals surface area contributed by atoms with E-state index < -0.39 is 5.97 Å². The molecule has 1 aromatic heterocycles. The second-order valence-electron chi connectivity index (χ2n) is 3.61. The van der Waals surface area contributed by atoms with Gasteiger partial charge in [-0.15, -0.1) is 11.3 Å². The van der Waals surface area contributed by atoms with Gasteiger partial charge in [-0.05, 0) is 19.1 Å². The number of hydrogen-bond donors (Lipinski definition) is 2. The molecular formula is C12H10N2O3S. The molecule has 0 aliphatic rings. The maximum Gasteiger partial charge on any atom is 0.355 e. The standard InChI is InChI=1S/C12H10N2O3S/c1-7(15)8-3-2-4-9(5-8)13-12-14-10(6-18-12)11(16)17/h2-6H,1H3,(H,13,14)(H,16,17). The molecule has 92 valence electrons. The zero-order valence-electron chi connectivity index (χ0n) is 9.51. The molecule has 0 atom stereocenters. The molecule has 0 aliphatic carbocycles. The van der Waals surface area contributed by atoms with Crippen LogP contribution in [-0.4, -0.2) is 21.8 Å². The third-order valence-electron chi connectivity index (χ3n) is 2.24. The molecule has 0 aliphatic heterocycles. The van der Waals surface area contributed by atoms with Crippen LogP contribution in [0.15, 0.2) is 29.6 Å². The molecule has 1 heterocycles. The largest absolute Gasteiger partial charge is 0.476 e. The zero-order chi connectivity index (χ0) is 13.1. The van der Waals surface area contributed by atoms with Crippen molar-refractivity contribution in [3.8, 4) is 0 Å². The third-order valence-corrected chi connectivity index (χ3v) is 3.00. The molecule has 0 amide bonds. The van der Waals surface area contributed by atoms with Gasteiger partial charge in [-0.25, -0.2) is 9.78 Å². The zero-order valence-corrected chi connectivity index (χ0v) is 10.3. The summed E-state index contributed by atoms with van der Waals surface area (Å²) in [7, 11) is 0. The molecule has 0 spiro atoms. The average molecular weight is 262 g/mol. The first-order valence-corrected chi connectivity index (χ1v) is 6.01. The molecule has 6 heteroatoms. The maximum absolute atomic E-state index is 11.2. The van der Waals surface area contributed by atoms with Crippen molar-refractivity contribution in [3.63, 3.8) is 0 Å². The van der Waals surface area contributed by atoms with Gasteiger partial charge in [-0.3, -0.25) is 4.79 Å². The molecule has 2 rings (SSSR count). The van der Waals surface area contributed by atoms with Crippen LogP contribution in [0.25, 0.3) is 0 Å². The van der Waals surface area contributed by atoms with E-state index in [-0.39, 0.29) is 11.5 Å². The van der Waals surface area contributed by atoms with Gasteiger partial charge in [0.15, 0.2) is 16.6 Å². The minimum absolute atomic E-state index is 0.00484. The van der Waals surface area contributed by atoms with Crippen molar-refractivity contribution in [2.75, 3.05) is 5.32 Å². The highest BCUT2D eigenvalue weighted by Crippen LogP contribution is 2.21. The highest BCUT2D eigenvalue weighted by molar-refractivity contribution is 7.14. The molecule has 0 saturated heterocycles. The van der Waals surface area contributed by atoms with Crippen LogP contribution >= 0.6 is 11.3 Å². The lowest BCUT2D eigenvalue weighted by Crippen LogP contribution is -1.98. The number of aromatic carboxylic acids is 1. The van der Waals surface area contributed by atoms with Crippen LogP contribution in [0.5, 0.6) is 0 Å². The van der Waals surface area contributed by atoms with Crippen LogP contribution in [-0.2, 0) is 0 Å². The molecule has 0 bridgehead atoms. The lowest BCUT2D eigenvalue weighted by Gasteiger charge is -2.03. The molecule has 18 heavy (non-hydrogen) atoms. The molecule has 0 fully saturated rings. The Morgan fingerprint density at radius 3 is 2.78 bits per heavy atom. The van der Waals surface area contributed by atoms with Crippen molar-refractivity contribution in [2.24, 2.45) is 0 Å². The number of nitrogens with one attached hydrogen (secondary N) is 1. The maximum atomic E-state index is 11.2. The molecule has 2 N–H and O–H groups in total. The van der Waals surface area contributed by atoms with Crippen molar-refractivity contribution < 1.29 is 14.7 Å². The van der Waals surface area contributed by atoms with E-state index in [2.05, 4.69) is 10.3 Å². The monoisotopic (exact) mass is 262 g/mol. The number of carbonyl (C=O) groups excluding carboxylic acids is 1. The van der Waals surface area contributed by atoms with Crippen LogP contribution in [0.3, 0.4) is 0 Å². The van der Waals surface area contributed by atoms with E-state index in [9.17, 15) is 9.59 Å². The van der Waals surface area contributed by atoms with E-state index in [1.807, 2.05) is 0 Å². The Morgan fingerprint density at radius 2 is 2.17 bits per heavy atom. The summed E-state index contributed by atoms with van der Waals surface area (Å²) in [5.41, 5.74) is 1.30. The quantitative estimate of drug-likeness (QED) is 0.828. The Bertz CT molecular complexity index is 607. The molecule has 0 radical (unpaired) electrons. The van der Waals surface area contributed by atoms with Crippen LogP contribution in [0.4, 0.5) is 10.8 Å². The van der Waals surface area contributed by atoms with E-state index in [1.165, 1.54) is 23.6 Å². The first-order chi connectivity index (χ1) is 8.56. The van der Waals surface area contributed by atoms with Gasteiger partial charge in [-0.1, -0.05) is 12.1 Å². The first-order valence-electron chi connectivity index (χ1n) is 5.13. The van der Waals surface area contributed by atoms with Crippen molar-refractivity contribution >= 4 is 33.9 Å². The van der Waals surface area contributed by atoms with E-state index in [0.717, 1.165) is 0 Å². The second kappa shape index (κ2) is 4.97. The number of benzene rings is 1. The van der Waals surface area contributed by atoms with E-state index in [0.29, 0.717) is 16.4 Å². The highest BCUT2D eigenvalue weighted by atomic mass is 32.1. The summed E-state index contributed by atoms with van der Waals surface area (Å²) in [6.45, 7) is 1.49. The van der Waals surface area contributed by atoms with E-state index >= 15 is 0 Å². The molecule has 0 unspecified atom stereocenters. The van der Waals surface area contributed by atoms with Crippen molar-refractivity contribution in [3.05, 3.63) is 40.9 Å². The number of ketones is 1. The van der Waals surface area contributed by atoms with Gasteiger partial charge in [0.05, 0.1) is 0 Å². The number of Topliss-reactive ketones (excluding diaryl/α,β-unsaturated/α-hetero) is 1. The predicted molar refractivity (Wildman–Crippen MR) is 68.8 cm³/mol. The number of carbonyl (C=O) groups is 2. The number of thiazole rings is 1. The molecule has 0 saturated carbocycles. The number of carboxylic acid groups (broad SMARTS) is 1. The summed E-state index contributed by atoms with van der Waals surface area (Å²) >= 11 is 1.20. The number of anilines is 2. The van der Waals surface area contributed by atoms with Crippen LogP contribution < -0.4 is 5.32 Å². The van der Waals surface area contributed by atoms with Crippen molar-refractivity contribution in [1.29, 1.82) is 0 Å². The van der Waals surface area contributed by atoms with Crippen molar-refractivity contribution in [2.45, 2.75) is 6.92 Å². The van der Waals surface area contributed by atoms with Gasteiger partial charge in [0.25, 0.3) is 0 Å². The summed E-state index contributed by atoms with van der Waals surface area (Å²) < 4.78 is 0. The summed E-state index contributed by atoms with van der Waals surface area (Å²) in [6.07, 6.45) is 0. The van der Waals surface area contributed by atoms with Crippen molar-refractivity contribution in [1.82, 2.24) is 4.98 Å². The van der Waals surface area contributed by atoms with Gasteiger partial charge in [0.1, 0.15) is 0 Å². The summed E-state index contributed by atoms with van der Waals surface area (Å²) in [4.78, 5) is 25.8. The fourth-order valence-corrected chi connectivity index (χ4v) is 2.07. The lowest BCUT2D eigenvalue weighted by molar-refractivity contribution is 0.0691. The van der Waals surface area contributed by atoms with Gasteiger partial charge in [-0.2, -0.15) is 0 Å². The van der Waals surface area contributed by atoms with Gasteiger partial charge in [0, 0.05) is 16.6 Å². The van der Waals surface area contributed by atoms with Crippen LogP contribution in [0.1, 0.15) is 27.8 Å². The number of rotatable bonds is 4. The third kappa shape index (κ3) is 2.72. The van der Waals surface area contributed by atoms with Crippen LogP contribution in [0, 0.1) is 0 Å². The van der Waals surface area contributed by atoms with Crippen LogP contribution in [0.2, 0.25) is 0 Å². The highest BCUT2D eigenvalue weighted by Gasteiger charge is 2.09. The Morgan fingerprint density at radius 1 is 1.39 bits per heavy atom. The Balaban J connectivity index is 2.20. The number of hydrogen-bond acceptors (Lipinski definition) is 5. The summed E-state index contributed by atoms with van der Waals surface area (Å²) in [6, 6.07) is 6.96. The SMILES string of the molecule is CC(=O)c1cccc(Nc2nc(C(=O)O)cs2)c1. The Hall–Kier alpha value is -2.21. The minimum atomic E-state index is -1.06.